The molecule has 0 spiro atoms. The third-order valence-electron chi connectivity index (χ3n) is 3.77. The van der Waals surface area contributed by atoms with Crippen LogP contribution in [0.15, 0.2) is 42.5 Å². The number of hydrogen-bond donors (Lipinski definition) is 1. The molecule has 0 aliphatic carbocycles. The summed E-state index contributed by atoms with van der Waals surface area (Å²) in [7, 11) is 1.49. The highest BCUT2D eigenvalue weighted by molar-refractivity contribution is 6.32. The largest absolute Gasteiger partial charge is 0.495 e. The number of carbonyl (C=O) groups is 2. The first-order valence-electron chi connectivity index (χ1n) is 8.03. The molecule has 2 aromatic rings. The lowest BCUT2D eigenvalue weighted by atomic mass is 10.1. The maximum absolute atomic E-state index is 12.6. The molecular weight excluding hydrogens is 374 g/mol. The van der Waals surface area contributed by atoms with Crippen LogP contribution in [0.4, 0.5) is 11.4 Å². The van der Waals surface area contributed by atoms with Crippen LogP contribution < -0.4 is 10.1 Å². The minimum absolute atomic E-state index is 0.0616. The predicted molar refractivity (Wildman–Crippen MR) is 101 cm³/mol. The van der Waals surface area contributed by atoms with Gasteiger partial charge in [0.1, 0.15) is 17.3 Å². The summed E-state index contributed by atoms with van der Waals surface area (Å²) in [5.41, 5.74) is 0.200. The highest BCUT2D eigenvalue weighted by atomic mass is 35.5. The van der Waals surface area contributed by atoms with Gasteiger partial charge >= 0.3 is 0 Å². The van der Waals surface area contributed by atoms with Crippen molar-refractivity contribution in [3.63, 3.8) is 0 Å². The SMILES string of the molecule is CCN(CC(=O)Nc1ccccc1OC)C(=O)c1ccc(Cl)c([N+](=O)[O-])c1. The van der Waals surface area contributed by atoms with Crippen molar-refractivity contribution in [3.05, 3.63) is 63.2 Å². The number of nitrogens with one attached hydrogen (secondary N) is 1. The van der Waals surface area contributed by atoms with Crippen LogP contribution in [0.5, 0.6) is 5.75 Å². The molecule has 0 aliphatic heterocycles. The van der Waals surface area contributed by atoms with Gasteiger partial charge in [0.25, 0.3) is 11.6 Å². The number of halogens is 1. The molecule has 2 aromatic carbocycles. The molecule has 2 rings (SSSR count). The van der Waals surface area contributed by atoms with E-state index in [-0.39, 0.29) is 29.4 Å². The van der Waals surface area contributed by atoms with Crippen LogP contribution in [0.25, 0.3) is 0 Å². The summed E-state index contributed by atoms with van der Waals surface area (Å²) in [6.45, 7) is 1.73. The Hall–Kier alpha value is -3.13. The molecule has 0 aliphatic rings. The molecule has 0 aromatic heterocycles. The fraction of sp³-hybridized carbons (Fsp3) is 0.222. The van der Waals surface area contributed by atoms with Gasteiger partial charge in [-0.15, -0.1) is 0 Å². The molecule has 0 saturated heterocycles. The van der Waals surface area contributed by atoms with Crippen LogP contribution in [0.2, 0.25) is 5.02 Å². The summed E-state index contributed by atoms with van der Waals surface area (Å²) in [4.78, 5) is 36.6. The summed E-state index contributed by atoms with van der Waals surface area (Å²) >= 11 is 5.77. The Morgan fingerprint density at radius 1 is 1.26 bits per heavy atom. The fourth-order valence-corrected chi connectivity index (χ4v) is 2.59. The summed E-state index contributed by atoms with van der Waals surface area (Å²) in [6, 6.07) is 10.7. The number of rotatable bonds is 7. The maximum Gasteiger partial charge on any atom is 0.288 e. The van der Waals surface area contributed by atoms with E-state index in [1.54, 1.807) is 31.2 Å². The number of nitro groups is 1. The predicted octanol–water partition coefficient (Wildman–Crippen LogP) is 3.36. The molecule has 0 saturated carbocycles. The van der Waals surface area contributed by atoms with Crippen molar-refractivity contribution in [1.82, 2.24) is 4.90 Å². The van der Waals surface area contributed by atoms with Crippen molar-refractivity contribution in [2.75, 3.05) is 25.5 Å². The van der Waals surface area contributed by atoms with E-state index >= 15 is 0 Å². The minimum Gasteiger partial charge on any atom is -0.495 e. The van der Waals surface area contributed by atoms with Crippen LogP contribution >= 0.6 is 11.6 Å². The monoisotopic (exact) mass is 391 g/mol. The molecule has 9 heteroatoms. The van der Waals surface area contributed by atoms with Gasteiger partial charge in [0.2, 0.25) is 5.91 Å². The van der Waals surface area contributed by atoms with Gasteiger partial charge in [-0.05, 0) is 31.2 Å². The molecular formula is C18H18ClN3O5. The quantitative estimate of drug-likeness (QED) is 0.576. The Balaban J connectivity index is 2.14. The molecule has 0 bridgehead atoms. The van der Waals surface area contributed by atoms with Crippen LogP contribution in [-0.4, -0.2) is 41.8 Å². The number of ether oxygens (including phenoxy) is 1. The first-order valence-corrected chi connectivity index (χ1v) is 8.41. The van der Waals surface area contributed by atoms with Crippen molar-refractivity contribution in [3.8, 4) is 5.75 Å². The molecule has 142 valence electrons. The standard InChI is InChI=1S/C18H18ClN3O5/c1-3-21(11-17(23)20-14-6-4-5-7-16(14)27-2)18(24)12-8-9-13(19)15(10-12)22(25)26/h4-10H,3,11H2,1-2H3,(H,20,23). The molecule has 0 radical (unpaired) electrons. The van der Waals surface area contributed by atoms with E-state index in [4.69, 9.17) is 16.3 Å². The molecule has 27 heavy (non-hydrogen) atoms. The lowest BCUT2D eigenvalue weighted by Crippen LogP contribution is -2.37. The number of carbonyl (C=O) groups excluding carboxylic acids is 2. The summed E-state index contributed by atoms with van der Waals surface area (Å²) in [5.74, 6) is -0.431. The third-order valence-corrected chi connectivity index (χ3v) is 4.09. The Morgan fingerprint density at radius 3 is 2.59 bits per heavy atom. The van der Waals surface area contributed by atoms with E-state index in [1.807, 2.05) is 0 Å². The lowest BCUT2D eigenvalue weighted by Gasteiger charge is -2.21. The lowest BCUT2D eigenvalue weighted by molar-refractivity contribution is -0.384. The van der Waals surface area contributed by atoms with Gasteiger partial charge in [0.05, 0.1) is 17.7 Å². The second-order valence-electron chi connectivity index (χ2n) is 5.49. The number of likely N-dealkylation sites (N-methyl/N-ethyl adjacent to an activating group) is 1. The maximum atomic E-state index is 12.6. The van der Waals surface area contributed by atoms with Crippen molar-refractivity contribution in [2.45, 2.75) is 6.92 Å². The van der Waals surface area contributed by atoms with Crippen LogP contribution in [0, 0.1) is 10.1 Å². The molecule has 0 heterocycles. The van der Waals surface area contributed by atoms with Gasteiger partial charge in [-0.1, -0.05) is 23.7 Å². The zero-order chi connectivity index (χ0) is 20.0. The summed E-state index contributed by atoms with van der Waals surface area (Å²) < 4.78 is 5.17. The second kappa shape index (κ2) is 9.00. The zero-order valence-electron chi connectivity index (χ0n) is 14.8. The summed E-state index contributed by atoms with van der Waals surface area (Å²) in [6.07, 6.45) is 0. The average Bonchev–Trinajstić information content (AvgIpc) is 2.66. The van der Waals surface area contributed by atoms with Gasteiger partial charge < -0.3 is 15.0 Å². The van der Waals surface area contributed by atoms with E-state index in [0.717, 1.165) is 6.07 Å². The molecule has 8 nitrogen and oxygen atoms in total. The Labute approximate surface area is 160 Å². The Kier molecular flexibility index (Phi) is 6.73. The van der Waals surface area contributed by atoms with Crippen LogP contribution in [0.3, 0.4) is 0 Å². The number of para-hydroxylation sites is 2. The van der Waals surface area contributed by atoms with E-state index in [0.29, 0.717) is 11.4 Å². The molecule has 0 atom stereocenters. The third kappa shape index (κ3) is 4.95. The smallest absolute Gasteiger partial charge is 0.288 e. The number of anilines is 1. The molecule has 1 N–H and O–H groups in total. The number of benzene rings is 2. The van der Waals surface area contributed by atoms with Crippen LogP contribution in [0.1, 0.15) is 17.3 Å². The highest BCUT2D eigenvalue weighted by Gasteiger charge is 2.21. The normalized spacial score (nSPS) is 10.2. The van der Waals surface area contributed by atoms with E-state index in [2.05, 4.69) is 5.32 Å². The number of nitrogens with zero attached hydrogens (tertiary/aromatic N) is 2. The highest BCUT2D eigenvalue weighted by Crippen LogP contribution is 2.26. The van der Waals surface area contributed by atoms with Gasteiger partial charge in [0.15, 0.2) is 0 Å². The van der Waals surface area contributed by atoms with Crippen molar-refractivity contribution in [2.24, 2.45) is 0 Å². The van der Waals surface area contributed by atoms with E-state index in [9.17, 15) is 19.7 Å². The van der Waals surface area contributed by atoms with Crippen molar-refractivity contribution in [1.29, 1.82) is 0 Å². The van der Waals surface area contributed by atoms with Crippen molar-refractivity contribution >= 4 is 34.8 Å². The van der Waals surface area contributed by atoms with E-state index < -0.39 is 16.7 Å². The Bertz CT molecular complexity index is 872. The van der Waals surface area contributed by atoms with E-state index in [1.165, 1.54) is 24.1 Å². The number of hydrogen-bond acceptors (Lipinski definition) is 5. The fourth-order valence-electron chi connectivity index (χ4n) is 2.41. The average molecular weight is 392 g/mol. The minimum atomic E-state index is -0.663. The molecule has 0 unspecified atom stereocenters. The molecule has 2 amide bonds. The molecule has 0 fully saturated rings. The number of amides is 2. The zero-order valence-corrected chi connectivity index (χ0v) is 15.5. The van der Waals surface area contributed by atoms with Crippen molar-refractivity contribution < 1.29 is 19.2 Å². The number of methoxy groups -OCH3 is 1. The van der Waals surface area contributed by atoms with Gasteiger partial charge in [-0.2, -0.15) is 0 Å². The first kappa shape index (κ1) is 20.2. The Morgan fingerprint density at radius 2 is 1.96 bits per heavy atom. The topological polar surface area (TPSA) is 102 Å². The van der Waals surface area contributed by atoms with Crippen LogP contribution in [-0.2, 0) is 4.79 Å². The number of nitro benzene ring substituents is 1. The summed E-state index contributed by atoms with van der Waals surface area (Å²) in [5, 5.41) is 13.6. The van der Waals surface area contributed by atoms with Gasteiger partial charge in [0, 0.05) is 18.2 Å². The second-order valence-corrected chi connectivity index (χ2v) is 5.90. The van der Waals surface area contributed by atoms with Gasteiger partial charge in [-0.3, -0.25) is 19.7 Å². The first-order chi connectivity index (χ1) is 12.9. The van der Waals surface area contributed by atoms with Gasteiger partial charge in [-0.25, -0.2) is 0 Å².